The van der Waals surface area contributed by atoms with Gasteiger partial charge in [0.2, 0.25) is 0 Å². The molecule has 2 heterocycles. The maximum absolute atomic E-state index is 13.1. The summed E-state index contributed by atoms with van der Waals surface area (Å²) in [5.74, 6) is 2.11. The van der Waals surface area contributed by atoms with Gasteiger partial charge in [0.15, 0.2) is 5.76 Å². The number of rotatable bonds is 4. The van der Waals surface area contributed by atoms with Crippen molar-refractivity contribution in [3.8, 4) is 5.75 Å². The van der Waals surface area contributed by atoms with Gasteiger partial charge < -0.3 is 14.1 Å². The maximum atomic E-state index is 13.1. The fraction of sp³-hybridized carbons (Fsp3) is 0.458. The number of hydrogen-bond acceptors (Lipinski definition) is 5. The maximum Gasteiger partial charge on any atom is 0.289 e. The highest BCUT2D eigenvalue weighted by Gasteiger charge is 2.31. The standard InChI is InChI=1S/C24H29N3O4/c1-15-10-12-27(13-11-15)24(29)22-16(2)21-19(8-5-9-20(21)31-22)25-26-23(28)17-6-4-7-18(14-17)30-3/h4,6-7,14-15H,5,8-13H2,1-3H3,(H,26,28)/b25-19+. The number of likely N-dealkylation sites (tertiary alicyclic amines) is 1. The van der Waals surface area contributed by atoms with Crippen LogP contribution < -0.4 is 10.2 Å². The van der Waals surface area contributed by atoms with E-state index in [0.717, 1.165) is 67.8 Å². The first-order valence-corrected chi connectivity index (χ1v) is 10.9. The Kier molecular flexibility index (Phi) is 6.11. The van der Waals surface area contributed by atoms with Crippen molar-refractivity contribution in [2.24, 2.45) is 11.0 Å². The predicted octanol–water partition coefficient (Wildman–Crippen LogP) is 3.94. The van der Waals surface area contributed by atoms with Gasteiger partial charge in [-0.25, -0.2) is 5.43 Å². The zero-order chi connectivity index (χ0) is 22.0. The first-order valence-electron chi connectivity index (χ1n) is 10.9. The Morgan fingerprint density at radius 1 is 1.23 bits per heavy atom. The highest BCUT2D eigenvalue weighted by molar-refractivity contribution is 6.07. The number of hydrogen-bond donors (Lipinski definition) is 1. The third kappa shape index (κ3) is 4.36. The minimum absolute atomic E-state index is 0.0430. The summed E-state index contributed by atoms with van der Waals surface area (Å²) in [6, 6.07) is 6.93. The number of aryl methyl sites for hydroxylation is 1. The van der Waals surface area contributed by atoms with Crippen LogP contribution in [0.25, 0.3) is 0 Å². The highest BCUT2D eigenvalue weighted by atomic mass is 16.5. The first-order chi connectivity index (χ1) is 15.0. The zero-order valence-electron chi connectivity index (χ0n) is 18.4. The lowest BCUT2D eigenvalue weighted by Crippen LogP contribution is -2.38. The van der Waals surface area contributed by atoms with Gasteiger partial charge in [0.25, 0.3) is 11.8 Å². The first kappa shape index (κ1) is 21.2. The topological polar surface area (TPSA) is 84.1 Å². The van der Waals surface area contributed by atoms with Gasteiger partial charge in [-0.2, -0.15) is 5.10 Å². The Morgan fingerprint density at radius 3 is 2.74 bits per heavy atom. The number of fused-ring (bicyclic) bond motifs is 1. The smallest absolute Gasteiger partial charge is 0.289 e. The van der Waals surface area contributed by atoms with E-state index in [-0.39, 0.29) is 11.8 Å². The number of amides is 2. The molecule has 1 saturated heterocycles. The summed E-state index contributed by atoms with van der Waals surface area (Å²) >= 11 is 0. The Hall–Kier alpha value is -3.09. The van der Waals surface area contributed by atoms with E-state index in [9.17, 15) is 9.59 Å². The third-order valence-corrected chi connectivity index (χ3v) is 6.22. The number of ether oxygens (including phenoxy) is 1. The number of carbonyl (C=O) groups excluding carboxylic acids is 2. The van der Waals surface area contributed by atoms with Crippen molar-refractivity contribution in [2.45, 2.75) is 46.0 Å². The van der Waals surface area contributed by atoms with Crippen molar-refractivity contribution < 1.29 is 18.7 Å². The molecule has 0 atom stereocenters. The molecule has 1 fully saturated rings. The molecule has 2 aromatic rings. The number of benzene rings is 1. The van der Waals surface area contributed by atoms with Crippen LogP contribution in [0, 0.1) is 12.8 Å². The van der Waals surface area contributed by atoms with Crippen LogP contribution >= 0.6 is 0 Å². The minimum Gasteiger partial charge on any atom is -0.497 e. The van der Waals surface area contributed by atoms with Crippen LogP contribution in [0.1, 0.15) is 70.4 Å². The van der Waals surface area contributed by atoms with E-state index in [1.807, 2.05) is 11.8 Å². The van der Waals surface area contributed by atoms with Crippen LogP contribution in [0.2, 0.25) is 0 Å². The molecule has 31 heavy (non-hydrogen) atoms. The number of hydrazone groups is 1. The third-order valence-electron chi connectivity index (χ3n) is 6.22. The molecule has 7 heteroatoms. The molecule has 7 nitrogen and oxygen atoms in total. The summed E-state index contributed by atoms with van der Waals surface area (Å²) in [6.07, 6.45) is 4.40. The quantitative estimate of drug-likeness (QED) is 0.755. The van der Waals surface area contributed by atoms with Gasteiger partial charge in [-0.15, -0.1) is 0 Å². The van der Waals surface area contributed by atoms with Gasteiger partial charge in [0, 0.05) is 36.2 Å². The van der Waals surface area contributed by atoms with Crippen molar-refractivity contribution in [2.75, 3.05) is 20.2 Å². The average Bonchev–Trinajstić information content (AvgIpc) is 3.14. The summed E-state index contributed by atoms with van der Waals surface area (Å²) in [5, 5.41) is 4.40. The number of nitrogens with one attached hydrogen (secondary N) is 1. The van der Waals surface area contributed by atoms with Crippen LogP contribution in [-0.4, -0.2) is 42.6 Å². The molecular weight excluding hydrogens is 394 g/mol. The summed E-state index contributed by atoms with van der Waals surface area (Å²) in [5.41, 5.74) is 5.56. The van der Waals surface area contributed by atoms with Gasteiger partial charge in [-0.05, 0) is 56.7 Å². The number of nitrogens with zero attached hydrogens (tertiary/aromatic N) is 2. The molecule has 1 aromatic heterocycles. The SMILES string of the molecule is COc1cccc(C(=O)N/N=C2\CCCc3oc(C(=O)N4CCC(C)CC4)c(C)c32)c1. The van der Waals surface area contributed by atoms with Gasteiger partial charge in [-0.3, -0.25) is 9.59 Å². The molecule has 2 aliphatic rings. The monoisotopic (exact) mass is 423 g/mol. The van der Waals surface area contributed by atoms with Crippen LogP contribution in [0.5, 0.6) is 5.75 Å². The van der Waals surface area contributed by atoms with Crippen molar-refractivity contribution >= 4 is 17.5 Å². The minimum atomic E-state index is -0.307. The molecule has 2 amide bonds. The molecule has 1 N–H and O–H groups in total. The van der Waals surface area contributed by atoms with Crippen LogP contribution in [0.4, 0.5) is 0 Å². The van der Waals surface area contributed by atoms with E-state index in [1.54, 1.807) is 31.4 Å². The lowest BCUT2D eigenvalue weighted by molar-refractivity contribution is 0.0662. The molecule has 0 radical (unpaired) electrons. The fourth-order valence-electron chi connectivity index (χ4n) is 4.29. The summed E-state index contributed by atoms with van der Waals surface area (Å²) in [6.45, 7) is 5.67. The largest absolute Gasteiger partial charge is 0.497 e. The number of carbonyl (C=O) groups is 2. The van der Waals surface area contributed by atoms with Gasteiger partial charge in [-0.1, -0.05) is 13.0 Å². The summed E-state index contributed by atoms with van der Waals surface area (Å²) < 4.78 is 11.2. The van der Waals surface area contributed by atoms with Crippen LogP contribution in [0.3, 0.4) is 0 Å². The van der Waals surface area contributed by atoms with E-state index in [1.165, 1.54) is 0 Å². The zero-order valence-corrected chi connectivity index (χ0v) is 18.4. The van der Waals surface area contributed by atoms with Crippen molar-refractivity contribution in [1.29, 1.82) is 0 Å². The van der Waals surface area contributed by atoms with Gasteiger partial charge in [0.05, 0.1) is 12.8 Å². The average molecular weight is 424 g/mol. The lowest BCUT2D eigenvalue weighted by atomic mass is 9.93. The summed E-state index contributed by atoms with van der Waals surface area (Å²) in [4.78, 5) is 27.5. The molecule has 1 aliphatic heterocycles. The Bertz CT molecular complexity index is 1020. The molecule has 164 valence electrons. The Labute approximate surface area is 182 Å². The highest BCUT2D eigenvalue weighted by Crippen LogP contribution is 2.31. The van der Waals surface area contributed by atoms with E-state index in [4.69, 9.17) is 9.15 Å². The van der Waals surface area contributed by atoms with Crippen LogP contribution in [-0.2, 0) is 6.42 Å². The predicted molar refractivity (Wildman–Crippen MR) is 118 cm³/mol. The lowest BCUT2D eigenvalue weighted by Gasteiger charge is -2.29. The fourth-order valence-corrected chi connectivity index (χ4v) is 4.29. The van der Waals surface area contributed by atoms with Crippen molar-refractivity contribution in [3.05, 3.63) is 52.5 Å². The van der Waals surface area contributed by atoms with Crippen LogP contribution in [0.15, 0.2) is 33.8 Å². The number of piperidine rings is 1. The Balaban J connectivity index is 1.55. The molecule has 1 aromatic carbocycles. The van der Waals surface area contributed by atoms with E-state index >= 15 is 0 Å². The molecule has 0 bridgehead atoms. The number of furan rings is 1. The van der Waals surface area contributed by atoms with Gasteiger partial charge in [0.1, 0.15) is 11.5 Å². The van der Waals surface area contributed by atoms with E-state index in [0.29, 0.717) is 23.0 Å². The second kappa shape index (κ2) is 8.96. The molecular formula is C24H29N3O4. The summed E-state index contributed by atoms with van der Waals surface area (Å²) in [7, 11) is 1.56. The van der Waals surface area contributed by atoms with Crippen molar-refractivity contribution in [1.82, 2.24) is 10.3 Å². The normalized spacial score (nSPS) is 18.0. The molecule has 0 saturated carbocycles. The Morgan fingerprint density at radius 2 is 2.00 bits per heavy atom. The second-order valence-electron chi connectivity index (χ2n) is 8.41. The van der Waals surface area contributed by atoms with Crippen molar-refractivity contribution in [3.63, 3.8) is 0 Å². The van der Waals surface area contributed by atoms with E-state index < -0.39 is 0 Å². The van der Waals surface area contributed by atoms with E-state index in [2.05, 4.69) is 17.5 Å². The molecule has 0 spiro atoms. The molecule has 1 aliphatic carbocycles. The number of methoxy groups -OCH3 is 1. The van der Waals surface area contributed by atoms with Gasteiger partial charge >= 0.3 is 0 Å². The molecule has 0 unspecified atom stereocenters. The molecule has 4 rings (SSSR count). The second-order valence-corrected chi connectivity index (χ2v) is 8.41.